The molecule has 0 aromatic carbocycles. The van der Waals surface area contributed by atoms with Gasteiger partial charge in [0.25, 0.3) is 0 Å². The standard InChI is InChI=1S/C17H26ClN5O10P2/c1-31-9-3-2-8(4-9)20-15-16-19-5-10(23(16)22-17(18)21-15)14-13(25)12(24)11(33-14)6-32-35(29,30)7-34(26,27)28/h5,8-9,11-14,24-25H,2-4,6-7H2,1H3,(H,29,30)(H,20,21,22)(H2,26,27,28)/t8?,9?,11-,12-,13-,14+/m1/s1. The highest BCUT2D eigenvalue weighted by Gasteiger charge is 2.46. The summed E-state index contributed by atoms with van der Waals surface area (Å²) in [6.45, 7) is -0.704. The van der Waals surface area contributed by atoms with Crippen LogP contribution in [0.15, 0.2) is 6.20 Å². The molecule has 18 heteroatoms. The van der Waals surface area contributed by atoms with E-state index < -0.39 is 52.1 Å². The molecule has 0 radical (unpaired) electrons. The van der Waals surface area contributed by atoms with E-state index in [1.807, 2.05) is 0 Å². The molecule has 1 aliphatic heterocycles. The molecule has 1 aliphatic carbocycles. The lowest BCUT2D eigenvalue weighted by Gasteiger charge is -2.18. The normalized spacial score (nSPS) is 31.2. The Morgan fingerprint density at radius 3 is 2.66 bits per heavy atom. The van der Waals surface area contributed by atoms with Gasteiger partial charge in [0.05, 0.1) is 24.6 Å². The number of nitrogens with one attached hydrogen (secondary N) is 1. The molecule has 196 valence electrons. The average molecular weight is 558 g/mol. The number of ether oxygens (including phenoxy) is 2. The van der Waals surface area contributed by atoms with Gasteiger partial charge in [-0.05, 0) is 30.9 Å². The molecule has 1 saturated carbocycles. The second-order valence-corrected chi connectivity index (χ2v) is 12.8. The van der Waals surface area contributed by atoms with Crippen LogP contribution in [-0.4, -0.2) is 94.6 Å². The number of rotatable bonds is 9. The van der Waals surface area contributed by atoms with Gasteiger partial charge in [-0.2, -0.15) is 4.98 Å². The first-order chi connectivity index (χ1) is 16.4. The van der Waals surface area contributed by atoms with Crippen LogP contribution in [0.5, 0.6) is 0 Å². The van der Waals surface area contributed by atoms with Gasteiger partial charge in [-0.25, -0.2) is 9.50 Å². The van der Waals surface area contributed by atoms with Crippen LogP contribution < -0.4 is 5.32 Å². The van der Waals surface area contributed by atoms with E-state index in [0.29, 0.717) is 11.5 Å². The van der Waals surface area contributed by atoms with E-state index in [4.69, 9.17) is 35.4 Å². The molecule has 2 aromatic heterocycles. The highest BCUT2D eigenvalue weighted by molar-refractivity contribution is 7.70. The molecule has 0 amide bonds. The Hall–Kier alpha value is -1.22. The van der Waals surface area contributed by atoms with Crippen LogP contribution in [0, 0.1) is 0 Å². The summed E-state index contributed by atoms with van der Waals surface area (Å²) < 4.78 is 40.0. The van der Waals surface area contributed by atoms with Gasteiger partial charge in [0, 0.05) is 13.2 Å². The highest BCUT2D eigenvalue weighted by Crippen LogP contribution is 2.55. The number of hydrogen-bond acceptors (Lipinski definition) is 11. The minimum Gasteiger partial charge on any atom is -0.387 e. The Morgan fingerprint density at radius 2 is 2.00 bits per heavy atom. The predicted octanol–water partition coefficient (Wildman–Crippen LogP) is 0.256. The Labute approximate surface area is 204 Å². The van der Waals surface area contributed by atoms with Crippen molar-refractivity contribution >= 4 is 38.3 Å². The molecular formula is C17H26ClN5O10P2. The average Bonchev–Trinajstić information content (AvgIpc) is 3.44. The molecule has 2 fully saturated rings. The van der Waals surface area contributed by atoms with Crippen molar-refractivity contribution in [2.24, 2.45) is 0 Å². The maximum Gasteiger partial charge on any atom is 0.340 e. The summed E-state index contributed by atoms with van der Waals surface area (Å²) in [5, 5.41) is 28.3. The maximum atomic E-state index is 11.9. The number of nitrogens with zero attached hydrogens (tertiary/aromatic N) is 4. The molecule has 7 atom stereocenters. The van der Waals surface area contributed by atoms with Crippen LogP contribution in [0.4, 0.5) is 5.82 Å². The number of aromatic nitrogens is 4. The van der Waals surface area contributed by atoms with Crippen molar-refractivity contribution in [3.8, 4) is 0 Å². The molecule has 3 unspecified atom stereocenters. The SMILES string of the molecule is COC1CCC(Nc2nc(Cl)nn3c([C@@H]4O[C@H](COP(=O)(O)CP(=O)(O)O)[C@@H](O)[C@H]4O)cnc23)C1. The van der Waals surface area contributed by atoms with Crippen LogP contribution in [-0.2, 0) is 23.1 Å². The van der Waals surface area contributed by atoms with Crippen LogP contribution in [0.1, 0.15) is 31.1 Å². The lowest BCUT2D eigenvalue weighted by atomic mass is 10.1. The summed E-state index contributed by atoms with van der Waals surface area (Å²) in [6.07, 6.45) is -1.47. The first-order valence-electron chi connectivity index (χ1n) is 10.6. The van der Waals surface area contributed by atoms with Crippen LogP contribution in [0.25, 0.3) is 5.65 Å². The zero-order chi connectivity index (χ0) is 25.5. The van der Waals surface area contributed by atoms with Gasteiger partial charge in [-0.15, -0.1) is 5.10 Å². The second-order valence-electron chi connectivity index (χ2n) is 8.48. The molecular weight excluding hydrogens is 532 g/mol. The summed E-state index contributed by atoms with van der Waals surface area (Å²) in [4.78, 5) is 36.0. The minimum absolute atomic E-state index is 0.0776. The number of imidazole rings is 1. The Morgan fingerprint density at radius 1 is 1.26 bits per heavy atom. The van der Waals surface area contributed by atoms with Crippen LogP contribution in [0.3, 0.4) is 0 Å². The van der Waals surface area contributed by atoms with E-state index in [9.17, 15) is 24.2 Å². The first-order valence-corrected chi connectivity index (χ1v) is 14.5. The Kier molecular flexibility index (Phi) is 7.87. The van der Waals surface area contributed by atoms with E-state index in [2.05, 4.69) is 20.4 Å². The van der Waals surface area contributed by atoms with E-state index in [-0.39, 0.29) is 23.1 Å². The van der Waals surface area contributed by atoms with Gasteiger partial charge in [0.1, 0.15) is 24.4 Å². The van der Waals surface area contributed by atoms with Crippen molar-refractivity contribution in [2.75, 3.05) is 24.9 Å². The molecule has 1 saturated heterocycles. The third-order valence-electron chi connectivity index (χ3n) is 5.88. The van der Waals surface area contributed by atoms with Gasteiger partial charge < -0.3 is 44.2 Å². The number of halogens is 1. The molecule has 15 nitrogen and oxygen atoms in total. The fourth-order valence-corrected chi connectivity index (χ4v) is 6.97. The molecule has 0 bridgehead atoms. The van der Waals surface area contributed by atoms with Gasteiger partial charge in [-0.3, -0.25) is 9.13 Å². The number of fused-ring (bicyclic) bond motifs is 1. The number of aliphatic hydroxyl groups excluding tert-OH is 2. The zero-order valence-corrected chi connectivity index (χ0v) is 21.0. The quantitative estimate of drug-likeness (QED) is 0.228. The lowest BCUT2D eigenvalue weighted by molar-refractivity contribution is -0.0204. The molecule has 3 heterocycles. The Bertz CT molecular complexity index is 1160. The number of hydrogen-bond donors (Lipinski definition) is 6. The topological polar surface area (TPSA) is 218 Å². The smallest absolute Gasteiger partial charge is 0.340 e. The number of methoxy groups -OCH3 is 1. The molecule has 35 heavy (non-hydrogen) atoms. The van der Waals surface area contributed by atoms with Gasteiger partial charge in [-0.1, -0.05) is 0 Å². The van der Waals surface area contributed by atoms with Crippen molar-refractivity contribution in [3.05, 3.63) is 17.2 Å². The van der Waals surface area contributed by atoms with Crippen LogP contribution >= 0.6 is 26.8 Å². The Balaban J connectivity index is 1.51. The largest absolute Gasteiger partial charge is 0.387 e. The number of aliphatic hydroxyl groups is 2. The number of anilines is 1. The van der Waals surface area contributed by atoms with Crippen molar-refractivity contribution in [1.29, 1.82) is 0 Å². The van der Waals surface area contributed by atoms with Crippen molar-refractivity contribution in [1.82, 2.24) is 19.6 Å². The molecule has 0 spiro atoms. The lowest BCUT2D eigenvalue weighted by Crippen LogP contribution is -2.33. The summed E-state index contributed by atoms with van der Waals surface area (Å²) in [6, 6.07) is 0.0776. The van der Waals surface area contributed by atoms with Crippen LogP contribution in [0.2, 0.25) is 5.28 Å². The summed E-state index contributed by atoms with van der Waals surface area (Å²) in [7, 11) is -7.84. The van der Waals surface area contributed by atoms with E-state index in [1.54, 1.807) is 7.11 Å². The summed E-state index contributed by atoms with van der Waals surface area (Å²) in [5.74, 6) is -1.02. The van der Waals surface area contributed by atoms with Gasteiger partial charge in [0.15, 0.2) is 17.4 Å². The third-order valence-corrected chi connectivity index (χ3v) is 9.49. The van der Waals surface area contributed by atoms with Crippen molar-refractivity contribution in [3.63, 3.8) is 0 Å². The minimum atomic E-state index is -4.82. The summed E-state index contributed by atoms with van der Waals surface area (Å²) >= 11 is 6.12. The van der Waals surface area contributed by atoms with Crippen molar-refractivity contribution < 1.29 is 48.0 Å². The fraction of sp³-hybridized carbons (Fsp3) is 0.706. The second kappa shape index (κ2) is 10.3. The van der Waals surface area contributed by atoms with E-state index in [1.165, 1.54) is 10.7 Å². The zero-order valence-electron chi connectivity index (χ0n) is 18.4. The monoisotopic (exact) mass is 557 g/mol. The first kappa shape index (κ1) is 26.8. The highest BCUT2D eigenvalue weighted by atomic mass is 35.5. The van der Waals surface area contributed by atoms with Crippen molar-refractivity contribution in [2.45, 2.75) is 55.8 Å². The summed E-state index contributed by atoms with van der Waals surface area (Å²) in [5.41, 5.74) is 0.529. The van der Waals surface area contributed by atoms with E-state index in [0.717, 1.165) is 19.3 Å². The fourth-order valence-electron chi connectivity index (χ4n) is 4.24. The molecule has 2 aliphatic rings. The van der Waals surface area contributed by atoms with E-state index >= 15 is 0 Å². The van der Waals surface area contributed by atoms with Gasteiger partial charge >= 0.3 is 15.2 Å². The third kappa shape index (κ3) is 6.20. The molecule has 6 N–H and O–H groups in total. The van der Waals surface area contributed by atoms with Gasteiger partial charge in [0.2, 0.25) is 5.28 Å². The maximum absolute atomic E-state index is 11.9. The molecule has 2 aromatic rings. The molecule has 4 rings (SSSR count). The predicted molar refractivity (Wildman–Crippen MR) is 120 cm³/mol.